The molecular weight excluding hydrogens is 228 g/mol. The molecule has 0 saturated carbocycles. The number of ether oxygens (including phenoxy) is 1. The normalized spacial score (nSPS) is 19.9. The number of piperidine rings is 1. The Bertz CT molecular complexity index is 372. The minimum atomic E-state index is 0.550. The van der Waals surface area contributed by atoms with Crippen molar-refractivity contribution in [1.29, 1.82) is 0 Å². The number of nitrogens with one attached hydrogen (secondary N) is 1. The largest absolute Gasteiger partial charge is 0.478 e. The van der Waals surface area contributed by atoms with Crippen LogP contribution in [0.3, 0.4) is 0 Å². The summed E-state index contributed by atoms with van der Waals surface area (Å²) < 4.78 is 5.55. The molecule has 5 nitrogen and oxygen atoms in total. The lowest BCUT2D eigenvalue weighted by molar-refractivity contribution is 0.304. The van der Waals surface area contributed by atoms with E-state index in [0.717, 1.165) is 25.3 Å². The molecule has 1 aromatic rings. The molecule has 1 aliphatic rings. The van der Waals surface area contributed by atoms with Gasteiger partial charge in [0.2, 0.25) is 5.88 Å². The number of hydrogen-bond donors (Lipinski definition) is 1. The van der Waals surface area contributed by atoms with Gasteiger partial charge in [0, 0.05) is 25.2 Å². The average molecular weight is 250 g/mol. The van der Waals surface area contributed by atoms with Gasteiger partial charge >= 0.3 is 0 Å². The molecule has 1 atom stereocenters. The third-order valence-electron chi connectivity index (χ3n) is 3.24. The number of rotatable bonds is 5. The highest BCUT2D eigenvalue weighted by Gasteiger charge is 2.19. The molecule has 5 heteroatoms. The van der Waals surface area contributed by atoms with E-state index in [2.05, 4.69) is 27.1 Å². The van der Waals surface area contributed by atoms with Gasteiger partial charge < -0.3 is 15.0 Å². The number of hydrogen-bond acceptors (Lipinski definition) is 5. The molecule has 100 valence electrons. The van der Waals surface area contributed by atoms with E-state index < -0.39 is 0 Å². The average Bonchev–Trinajstić information content (AvgIpc) is 2.45. The highest BCUT2D eigenvalue weighted by atomic mass is 16.5. The zero-order valence-corrected chi connectivity index (χ0v) is 11.2. The summed E-state index contributed by atoms with van der Waals surface area (Å²) in [4.78, 5) is 10.8. The molecule has 1 unspecified atom stereocenters. The Morgan fingerprint density at radius 1 is 1.50 bits per heavy atom. The van der Waals surface area contributed by atoms with Gasteiger partial charge in [-0.1, -0.05) is 6.92 Å². The summed E-state index contributed by atoms with van der Waals surface area (Å²) in [6.07, 6.45) is 5.01. The van der Waals surface area contributed by atoms with Crippen LogP contribution in [0.15, 0.2) is 12.4 Å². The summed E-state index contributed by atoms with van der Waals surface area (Å²) in [6.45, 7) is 4.85. The fourth-order valence-corrected chi connectivity index (χ4v) is 2.21. The van der Waals surface area contributed by atoms with Crippen LogP contribution >= 0.6 is 0 Å². The van der Waals surface area contributed by atoms with Gasteiger partial charge in [0.05, 0.1) is 6.61 Å². The topological polar surface area (TPSA) is 50.3 Å². The van der Waals surface area contributed by atoms with E-state index in [-0.39, 0.29) is 0 Å². The first-order valence-electron chi connectivity index (χ1n) is 6.70. The van der Waals surface area contributed by atoms with E-state index >= 15 is 0 Å². The molecule has 0 spiro atoms. The third-order valence-corrected chi connectivity index (χ3v) is 3.24. The van der Waals surface area contributed by atoms with E-state index in [9.17, 15) is 0 Å². The predicted molar refractivity (Wildman–Crippen MR) is 72.1 cm³/mol. The van der Waals surface area contributed by atoms with Crippen molar-refractivity contribution in [3.05, 3.63) is 12.4 Å². The first-order chi connectivity index (χ1) is 8.83. The first-order valence-corrected chi connectivity index (χ1v) is 6.70. The summed E-state index contributed by atoms with van der Waals surface area (Å²) >= 11 is 0. The zero-order valence-electron chi connectivity index (χ0n) is 11.2. The molecule has 1 fully saturated rings. The molecule has 0 amide bonds. The Morgan fingerprint density at radius 2 is 2.39 bits per heavy atom. The molecular formula is C13H22N4O. The van der Waals surface area contributed by atoms with Gasteiger partial charge in [-0.2, -0.15) is 0 Å². The lowest BCUT2D eigenvalue weighted by atomic mass is 10.1. The number of nitrogens with zero attached hydrogens (tertiary/aromatic N) is 3. The first kappa shape index (κ1) is 13.1. The molecule has 1 N–H and O–H groups in total. The number of anilines is 1. The van der Waals surface area contributed by atoms with Gasteiger partial charge in [0.1, 0.15) is 12.1 Å². The van der Waals surface area contributed by atoms with Gasteiger partial charge in [-0.15, -0.1) is 0 Å². The highest BCUT2D eigenvalue weighted by molar-refractivity contribution is 5.41. The maximum absolute atomic E-state index is 5.55. The van der Waals surface area contributed by atoms with Crippen molar-refractivity contribution in [1.82, 2.24) is 15.3 Å². The van der Waals surface area contributed by atoms with Gasteiger partial charge in [-0.3, -0.25) is 0 Å². The van der Waals surface area contributed by atoms with E-state index in [0.29, 0.717) is 18.5 Å². The Kier molecular flexibility index (Phi) is 4.75. The van der Waals surface area contributed by atoms with Crippen molar-refractivity contribution in [3.63, 3.8) is 0 Å². The van der Waals surface area contributed by atoms with Gasteiger partial charge in [0.15, 0.2) is 0 Å². The Hall–Kier alpha value is -1.36. The molecule has 1 saturated heterocycles. The SMILES string of the molecule is CCCOc1cc(N2CCCC(NC)C2)ncn1. The van der Waals surface area contributed by atoms with Crippen molar-refractivity contribution in [2.45, 2.75) is 32.2 Å². The summed E-state index contributed by atoms with van der Waals surface area (Å²) in [5.41, 5.74) is 0. The van der Waals surface area contributed by atoms with Crippen LogP contribution in [0, 0.1) is 0 Å². The molecule has 1 aliphatic heterocycles. The van der Waals surface area contributed by atoms with Gasteiger partial charge in [0.25, 0.3) is 0 Å². The third kappa shape index (κ3) is 3.32. The smallest absolute Gasteiger partial charge is 0.218 e. The lowest BCUT2D eigenvalue weighted by Gasteiger charge is -2.33. The van der Waals surface area contributed by atoms with Crippen LogP contribution < -0.4 is 15.0 Å². The number of aromatic nitrogens is 2. The standard InChI is InChI=1S/C13H22N4O/c1-3-7-18-13-8-12(15-10-16-13)17-6-4-5-11(9-17)14-2/h8,10-11,14H,3-7,9H2,1-2H3. The second kappa shape index (κ2) is 6.54. The maximum atomic E-state index is 5.55. The van der Waals surface area contributed by atoms with Crippen LogP contribution in [0.2, 0.25) is 0 Å². The van der Waals surface area contributed by atoms with Gasteiger partial charge in [-0.25, -0.2) is 9.97 Å². The molecule has 0 aromatic carbocycles. The van der Waals surface area contributed by atoms with Crippen molar-refractivity contribution < 1.29 is 4.74 Å². The van der Waals surface area contributed by atoms with Crippen molar-refractivity contribution >= 4 is 5.82 Å². The fourth-order valence-electron chi connectivity index (χ4n) is 2.21. The minimum Gasteiger partial charge on any atom is -0.478 e. The van der Waals surface area contributed by atoms with E-state index in [1.807, 2.05) is 13.1 Å². The molecule has 0 bridgehead atoms. The van der Waals surface area contributed by atoms with Crippen LogP contribution in [0.25, 0.3) is 0 Å². The summed E-state index contributed by atoms with van der Waals surface area (Å²) in [6, 6.07) is 2.49. The Balaban J connectivity index is 2.02. The quantitative estimate of drug-likeness (QED) is 0.857. The van der Waals surface area contributed by atoms with Crippen LogP contribution in [0.1, 0.15) is 26.2 Å². The van der Waals surface area contributed by atoms with E-state index in [1.165, 1.54) is 12.8 Å². The lowest BCUT2D eigenvalue weighted by Crippen LogP contribution is -2.44. The molecule has 1 aromatic heterocycles. The van der Waals surface area contributed by atoms with Crippen LogP contribution in [0.5, 0.6) is 5.88 Å². The second-order valence-electron chi connectivity index (χ2n) is 4.64. The van der Waals surface area contributed by atoms with E-state index in [1.54, 1.807) is 6.33 Å². The summed E-state index contributed by atoms with van der Waals surface area (Å²) in [7, 11) is 2.02. The van der Waals surface area contributed by atoms with Crippen molar-refractivity contribution in [3.8, 4) is 5.88 Å². The maximum Gasteiger partial charge on any atom is 0.218 e. The van der Waals surface area contributed by atoms with E-state index in [4.69, 9.17) is 4.74 Å². The Labute approximate surface area is 109 Å². The fraction of sp³-hybridized carbons (Fsp3) is 0.692. The summed E-state index contributed by atoms with van der Waals surface area (Å²) in [5.74, 6) is 1.64. The molecule has 0 aliphatic carbocycles. The summed E-state index contributed by atoms with van der Waals surface area (Å²) in [5, 5.41) is 3.34. The molecule has 2 rings (SSSR count). The van der Waals surface area contributed by atoms with Crippen molar-refractivity contribution in [2.75, 3.05) is 31.6 Å². The van der Waals surface area contributed by atoms with Crippen LogP contribution in [-0.2, 0) is 0 Å². The second-order valence-corrected chi connectivity index (χ2v) is 4.64. The van der Waals surface area contributed by atoms with Gasteiger partial charge in [-0.05, 0) is 26.3 Å². The monoisotopic (exact) mass is 250 g/mol. The zero-order chi connectivity index (χ0) is 12.8. The van der Waals surface area contributed by atoms with Crippen LogP contribution in [-0.4, -0.2) is 42.8 Å². The minimum absolute atomic E-state index is 0.550. The van der Waals surface area contributed by atoms with Crippen molar-refractivity contribution in [2.24, 2.45) is 0 Å². The van der Waals surface area contributed by atoms with Crippen LogP contribution in [0.4, 0.5) is 5.82 Å². The number of likely N-dealkylation sites (N-methyl/N-ethyl adjacent to an activating group) is 1. The highest BCUT2D eigenvalue weighted by Crippen LogP contribution is 2.20. The predicted octanol–water partition coefficient (Wildman–Crippen LogP) is 1.45. The molecule has 18 heavy (non-hydrogen) atoms. The Morgan fingerprint density at radius 3 is 3.17 bits per heavy atom. The molecule has 0 radical (unpaired) electrons. The molecule has 2 heterocycles.